The molecule has 1 aliphatic rings. The summed E-state index contributed by atoms with van der Waals surface area (Å²) in [5.41, 5.74) is 9.02. The molecule has 2 atom stereocenters. The third-order valence-electron chi connectivity index (χ3n) is 8.88. The molecule has 6 aromatic rings. The van der Waals surface area contributed by atoms with Crippen molar-refractivity contribution in [1.82, 2.24) is 9.55 Å². The van der Waals surface area contributed by atoms with Crippen LogP contribution in [0.1, 0.15) is 26.3 Å². The minimum absolute atomic E-state index is 0.269. The Morgan fingerprint density at radius 2 is 1.64 bits per heavy atom. The second kappa shape index (κ2) is 12.8. The van der Waals surface area contributed by atoms with Crippen LogP contribution in [0.4, 0.5) is 17.1 Å². The fourth-order valence-corrected chi connectivity index (χ4v) is 7.61. The molecule has 4 aromatic carbocycles. The minimum atomic E-state index is 0.269. The van der Waals surface area contributed by atoms with Crippen LogP contribution in [0.3, 0.4) is 0 Å². The maximum atomic E-state index is 6.47. The Kier molecular flexibility index (Phi) is 8.42. The summed E-state index contributed by atoms with van der Waals surface area (Å²) in [5.74, 6) is 2.47. The summed E-state index contributed by atoms with van der Waals surface area (Å²) in [6.07, 6.45) is 6.48. The van der Waals surface area contributed by atoms with Gasteiger partial charge in [-0.1, -0.05) is 17.7 Å². The molecule has 0 N–H and O–H groups in total. The number of rotatable bonds is 8. The Balaban J connectivity index is 1.24. The molecule has 47 heavy (non-hydrogen) atoms. The molecule has 0 aliphatic heterocycles. The first-order chi connectivity index (χ1) is 22.8. The first kappa shape index (κ1) is 30.9. The van der Waals surface area contributed by atoms with Gasteiger partial charge in [-0.25, -0.2) is 0 Å². The van der Waals surface area contributed by atoms with E-state index < -0.39 is 0 Å². The standard InChI is InChI=1S/C41H36N4O.Pt/c1-27-17-20-36-35(24-27)34-19-18-33(26-39(34)45(36)40-16-9-10-21-42-40)46-32-13-11-12-31(25-32)43(5)37-14-7-8-15-38(37)44(6)41-29(3)22-28(2)23-30(41)4;/h5,7-24,29,41H,1-4,6H3;/q-2;. The number of fused-ring (bicyclic) bond motifs is 3. The SMILES string of the molecule is CC1=CC(C)C(N(C)c2ccccc2N([CH]=[Pt])c2[c-]c(Oc3[c-]c4c(cc3)c3cc(C)ccc3n4-c3ccccn3)ccc2)C(C)=C1. The van der Waals surface area contributed by atoms with Crippen LogP contribution in [-0.2, 0) is 19.4 Å². The number of aromatic nitrogens is 2. The van der Waals surface area contributed by atoms with E-state index >= 15 is 0 Å². The number of likely N-dealkylation sites (N-methyl/N-ethyl adjacent to an activating group) is 1. The quantitative estimate of drug-likeness (QED) is 0.144. The van der Waals surface area contributed by atoms with E-state index in [0.717, 1.165) is 39.3 Å². The summed E-state index contributed by atoms with van der Waals surface area (Å²) in [7, 11) is 2.19. The summed E-state index contributed by atoms with van der Waals surface area (Å²) in [5, 5.41) is 2.27. The van der Waals surface area contributed by atoms with E-state index in [2.05, 4.69) is 157 Å². The van der Waals surface area contributed by atoms with E-state index in [1.54, 1.807) is 0 Å². The maximum absolute atomic E-state index is 6.47. The molecule has 2 aromatic heterocycles. The van der Waals surface area contributed by atoms with Gasteiger partial charge in [-0.05, 0) is 13.0 Å². The van der Waals surface area contributed by atoms with Crippen LogP contribution in [0.25, 0.3) is 27.6 Å². The van der Waals surface area contributed by atoms with Gasteiger partial charge in [-0.3, -0.25) is 0 Å². The van der Waals surface area contributed by atoms with Gasteiger partial charge in [0.1, 0.15) is 0 Å². The van der Waals surface area contributed by atoms with Gasteiger partial charge in [0, 0.05) is 6.20 Å². The van der Waals surface area contributed by atoms with E-state index in [0.29, 0.717) is 17.4 Å². The Morgan fingerprint density at radius 3 is 2.40 bits per heavy atom. The third-order valence-corrected chi connectivity index (χ3v) is 9.47. The molecule has 6 heteroatoms. The van der Waals surface area contributed by atoms with Crippen molar-refractivity contribution < 1.29 is 24.1 Å². The molecular weight excluding hydrogens is 760 g/mol. The average Bonchev–Trinajstić information content (AvgIpc) is 3.38. The van der Waals surface area contributed by atoms with E-state index in [-0.39, 0.29) is 6.04 Å². The van der Waals surface area contributed by atoms with Gasteiger partial charge < -0.3 is 0 Å². The molecule has 2 heterocycles. The number of pyridine rings is 1. The predicted molar refractivity (Wildman–Crippen MR) is 191 cm³/mol. The molecule has 2 unspecified atom stereocenters. The fourth-order valence-electron chi connectivity index (χ4n) is 6.98. The zero-order valence-electron chi connectivity index (χ0n) is 27.1. The van der Waals surface area contributed by atoms with Crippen LogP contribution in [0, 0.1) is 25.0 Å². The van der Waals surface area contributed by atoms with Gasteiger partial charge in [-0.15, -0.1) is 0 Å². The molecule has 0 radical (unpaired) electrons. The third kappa shape index (κ3) is 5.85. The number of aryl methyl sites for hydroxylation is 1. The second-order valence-corrected chi connectivity index (χ2v) is 12.9. The molecule has 0 saturated heterocycles. The van der Waals surface area contributed by atoms with Gasteiger partial charge in [-0.2, -0.15) is 0 Å². The number of ether oxygens (including phenoxy) is 1. The van der Waals surface area contributed by atoms with Crippen molar-refractivity contribution in [2.45, 2.75) is 33.7 Å². The zero-order valence-corrected chi connectivity index (χ0v) is 29.4. The van der Waals surface area contributed by atoms with Crippen molar-refractivity contribution in [3.05, 3.63) is 138 Å². The van der Waals surface area contributed by atoms with E-state index in [1.165, 1.54) is 22.1 Å². The molecule has 0 fully saturated rings. The van der Waals surface area contributed by atoms with Crippen LogP contribution < -0.4 is 14.5 Å². The fraction of sp³-hybridized carbons (Fsp3) is 0.171. The van der Waals surface area contributed by atoms with Crippen LogP contribution in [0.2, 0.25) is 0 Å². The van der Waals surface area contributed by atoms with E-state index in [4.69, 9.17) is 4.74 Å². The van der Waals surface area contributed by atoms with Crippen molar-refractivity contribution in [3.63, 3.8) is 0 Å². The molecule has 5 nitrogen and oxygen atoms in total. The molecule has 238 valence electrons. The second-order valence-electron chi connectivity index (χ2n) is 12.3. The van der Waals surface area contributed by atoms with Crippen molar-refractivity contribution in [3.8, 4) is 17.3 Å². The number of para-hydroxylation sites is 2. The van der Waals surface area contributed by atoms with Crippen LogP contribution in [0.15, 0.2) is 120 Å². The van der Waals surface area contributed by atoms with Gasteiger partial charge in [0.05, 0.1) is 0 Å². The molecule has 0 spiro atoms. The van der Waals surface area contributed by atoms with Gasteiger partial charge >= 0.3 is 252 Å². The number of hydrogen-bond donors (Lipinski definition) is 0. The van der Waals surface area contributed by atoms with Crippen LogP contribution in [-0.4, -0.2) is 27.2 Å². The van der Waals surface area contributed by atoms with Gasteiger partial charge in [0.15, 0.2) is 0 Å². The number of allylic oxidation sites excluding steroid dienone is 2. The molecule has 7 rings (SSSR count). The van der Waals surface area contributed by atoms with Crippen molar-refractivity contribution in [1.29, 1.82) is 0 Å². The summed E-state index contributed by atoms with van der Waals surface area (Å²) in [6.45, 7) is 8.83. The van der Waals surface area contributed by atoms with Crippen LogP contribution in [0.5, 0.6) is 11.5 Å². The average molecular weight is 796 g/mol. The number of benzene rings is 4. The van der Waals surface area contributed by atoms with E-state index in [1.807, 2.05) is 42.6 Å². The topological polar surface area (TPSA) is 33.5 Å². The zero-order chi connectivity index (χ0) is 32.7. The van der Waals surface area contributed by atoms with E-state index in [9.17, 15) is 0 Å². The molecule has 0 bridgehead atoms. The number of hydrogen-bond acceptors (Lipinski definition) is 4. The summed E-state index contributed by atoms with van der Waals surface area (Å²) in [4.78, 5) is 9.23. The number of nitrogens with zero attached hydrogens (tertiary/aromatic N) is 4. The summed E-state index contributed by atoms with van der Waals surface area (Å²) >= 11 is 2.29. The summed E-state index contributed by atoms with van der Waals surface area (Å²) in [6, 6.07) is 38.5. The predicted octanol–water partition coefficient (Wildman–Crippen LogP) is 9.67. The first-order valence-electron chi connectivity index (χ1n) is 15.8. The normalized spacial score (nSPS) is 16.1. The van der Waals surface area contributed by atoms with Crippen molar-refractivity contribution in [2.24, 2.45) is 5.92 Å². The molecule has 0 saturated carbocycles. The first-order valence-corrected chi connectivity index (χ1v) is 17.1. The Hall–Kier alpha value is -4.73. The van der Waals surface area contributed by atoms with Crippen molar-refractivity contribution >= 4 is 43.4 Å². The Bertz CT molecular complexity index is 2180. The van der Waals surface area contributed by atoms with Crippen molar-refractivity contribution in [2.75, 3.05) is 16.8 Å². The van der Waals surface area contributed by atoms with Crippen LogP contribution >= 0.6 is 0 Å². The summed E-state index contributed by atoms with van der Waals surface area (Å²) < 4.78 is 10.7. The molecular formula is C41H36N4OPt-2. The van der Waals surface area contributed by atoms with Gasteiger partial charge in [0.25, 0.3) is 0 Å². The molecule has 0 amide bonds. The van der Waals surface area contributed by atoms with Gasteiger partial charge in [0.2, 0.25) is 0 Å². The Labute approximate surface area is 287 Å². The molecule has 1 aliphatic carbocycles. The number of anilines is 3. The monoisotopic (exact) mass is 795 g/mol. The Morgan fingerprint density at radius 1 is 0.851 bits per heavy atom.